The lowest BCUT2D eigenvalue weighted by Gasteiger charge is -2.21. The van der Waals surface area contributed by atoms with Gasteiger partial charge in [0.05, 0.1) is 32.7 Å². The van der Waals surface area contributed by atoms with Crippen molar-refractivity contribution in [2.45, 2.75) is 40.9 Å². The number of ether oxygens (including phenoxy) is 3. The number of hydrogen-bond acceptors (Lipinski definition) is 10. The van der Waals surface area contributed by atoms with Gasteiger partial charge in [0.25, 0.3) is 16.0 Å². The van der Waals surface area contributed by atoms with Crippen molar-refractivity contribution in [3.8, 4) is 11.1 Å². The molecule has 0 aliphatic carbocycles. The molecule has 0 saturated carbocycles. The SMILES string of the molecule is CCOCc1cc(COS(C)(=O)=O)ccc1-c1cc(C)sc1C(=O)N(COCCOC)c1noc(C)c1C. The van der Waals surface area contributed by atoms with Crippen molar-refractivity contribution >= 4 is 33.2 Å². The van der Waals surface area contributed by atoms with Gasteiger partial charge in [0, 0.05) is 29.7 Å². The molecule has 3 rings (SSSR count). The average Bonchev–Trinajstić information content (AvgIpc) is 3.42. The predicted molar refractivity (Wildman–Crippen MR) is 145 cm³/mol. The van der Waals surface area contributed by atoms with E-state index in [0.717, 1.165) is 33.4 Å². The second kappa shape index (κ2) is 13.5. The lowest BCUT2D eigenvalue weighted by Crippen LogP contribution is -2.34. The van der Waals surface area contributed by atoms with Gasteiger partial charge in [-0.1, -0.05) is 23.4 Å². The summed E-state index contributed by atoms with van der Waals surface area (Å²) in [4.78, 5) is 16.9. The van der Waals surface area contributed by atoms with Crippen molar-refractivity contribution in [1.29, 1.82) is 0 Å². The quantitative estimate of drug-likeness (QED) is 0.157. The zero-order valence-corrected chi connectivity index (χ0v) is 24.2. The van der Waals surface area contributed by atoms with Crippen LogP contribution in [0.25, 0.3) is 11.1 Å². The molecule has 38 heavy (non-hydrogen) atoms. The molecular formula is C26H34N2O8S2. The fraction of sp³-hybridized carbons (Fsp3) is 0.462. The normalized spacial score (nSPS) is 11.7. The second-order valence-electron chi connectivity index (χ2n) is 8.65. The third kappa shape index (κ3) is 7.71. The first-order chi connectivity index (χ1) is 18.1. The lowest BCUT2D eigenvalue weighted by atomic mass is 9.97. The average molecular weight is 567 g/mol. The molecule has 1 aromatic carbocycles. The summed E-state index contributed by atoms with van der Waals surface area (Å²) in [6.45, 7) is 8.81. The maximum Gasteiger partial charge on any atom is 0.272 e. The molecule has 0 fully saturated rings. The molecule has 0 bridgehead atoms. The summed E-state index contributed by atoms with van der Waals surface area (Å²) in [5.41, 5.74) is 3.78. The topological polar surface area (TPSA) is 117 Å². The van der Waals surface area contributed by atoms with Gasteiger partial charge in [-0.25, -0.2) is 0 Å². The van der Waals surface area contributed by atoms with E-state index in [1.807, 2.05) is 39.0 Å². The third-order valence-corrected chi connectivity index (χ3v) is 7.28. The number of anilines is 1. The van der Waals surface area contributed by atoms with Crippen molar-refractivity contribution in [1.82, 2.24) is 5.16 Å². The minimum absolute atomic E-state index is 0.0288. The monoisotopic (exact) mass is 566 g/mol. The van der Waals surface area contributed by atoms with Crippen molar-refractivity contribution in [3.05, 3.63) is 56.5 Å². The Morgan fingerprint density at radius 3 is 2.47 bits per heavy atom. The van der Waals surface area contributed by atoms with E-state index in [9.17, 15) is 13.2 Å². The molecule has 10 nitrogen and oxygen atoms in total. The molecule has 0 N–H and O–H groups in total. The molecule has 0 aliphatic heterocycles. The van der Waals surface area contributed by atoms with E-state index in [1.165, 1.54) is 16.2 Å². The van der Waals surface area contributed by atoms with Crippen LogP contribution < -0.4 is 4.90 Å². The summed E-state index contributed by atoms with van der Waals surface area (Å²) in [6.07, 6.45) is 1.01. The number of carbonyl (C=O) groups excluding carboxylic acids is 1. The minimum Gasteiger partial charge on any atom is -0.382 e. The van der Waals surface area contributed by atoms with Crippen LogP contribution in [0.3, 0.4) is 0 Å². The van der Waals surface area contributed by atoms with Crippen LogP contribution in [0.15, 0.2) is 28.8 Å². The van der Waals surface area contributed by atoms with E-state index in [0.29, 0.717) is 41.8 Å². The van der Waals surface area contributed by atoms with E-state index < -0.39 is 10.1 Å². The molecule has 208 valence electrons. The molecule has 2 aromatic heterocycles. The van der Waals surface area contributed by atoms with Gasteiger partial charge in [-0.15, -0.1) is 11.3 Å². The Balaban J connectivity index is 2.03. The van der Waals surface area contributed by atoms with E-state index in [1.54, 1.807) is 20.1 Å². The summed E-state index contributed by atoms with van der Waals surface area (Å²) in [6, 6.07) is 7.45. The molecule has 3 aromatic rings. The molecule has 0 unspecified atom stereocenters. The van der Waals surface area contributed by atoms with Crippen molar-refractivity contribution in [2.75, 3.05) is 44.8 Å². The Labute approximate surface area is 227 Å². The maximum absolute atomic E-state index is 14.0. The Morgan fingerprint density at radius 1 is 1.08 bits per heavy atom. The van der Waals surface area contributed by atoms with Crippen LogP contribution in [0.4, 0.5) is 5.82 Å². The number of thiophene rings is 1. The summed E-state index contributed by atoms with van der Waals surface area (Å²) >= 11 is 1.37. The summed E-state index contributed by atoms with van der Waals surface area (Å²) in [5, 5.41) is 4.12. The number of benzene rings is 1. The van der Waals surface area contributed by atoms with Gasteiger partial charge in [0.2, 0.25) is 0 Å². The van der Waals surface area contributed by atoms with Gasteiger partial charge in [0.1, 0.15) is 17.4 Å². The molecule has 12 heteroatoms. The highest BCUT2D eigenvalue weighted by Gasteiger charge is 2.28. The Hall–Kier alpha value is -2.61. The number of nitrogens with zero attached hydrogens (tertiary/aromatic N) is 2. The Morgan fingerprint density at radius 2 is 1.84 bits per heavy atom. The number of aromatic nitrogens is 1. The molecule has 2 heterocycles. The Kier molecular flexibility index (Phi) is 10.6. The van der Waals surface area contributed by atoms with Crippen molar-refractivity contribution < 1.29 is 36.1 Å². The van der Waals surface area contributed by atoms with Gasteiger partial charge in [-0.2, -0.15) is 8.42 Å². The number of amides is 1. The van der Waals surface area contributed by atoms with Crippen LogP contribution in [0.2, 0.25) is 0 Å². The van der Waals surface area contributed by atoms with E-state index in [-0.39, 0.29) is 25.9 Å². The van der Waals surface area contributed by atoms with E-state index in [4.69, 9.17) is 22.9 Å². The van der Waals surface area contributed by atoms with Crippen LogP contribution in [0.5, 0.6) is 0 Å². The van der Waals surface area contributed by atoms with Crippen LogP contribution in [-0.2, 0) is 41.7 Å². The molecule has 1 amide bonds. The van der Waals surface area contributed by atoms with Crippen molar-refractivity contribution in [2.24, 2.45) is 0 Å². The van der Waals surface area contributed by atoms with Crippen LogP contribution in [0.1, 0.15) is 43.9 Å². The smallest absolute Gasteiger partial charge is 0.272 e. The zero-order chi connectivity index (χ0) is 27.9. The van der Waals surface area contributed by atoms with Gasteiger partial charge in [-0.05, 0) is 50.5 Å². The zero-order valence-electron chi connectivity index (χ0n) is 22.5. The number of hydrogen-bond donors (Lipinski definition) is 0. The van der Waals surface area contributed by atoms with Gasteiger partial charge in [0.15, 0.2) is 5.82 Å². The van der Waals surface area contributed by atoms with Crippen molar-refractivity contribution in [3.63, 3.8) is 0 Å². The van der Waals surface area contributed by atoms with Crippen LogP contribution >= 0.6 is 11.3 Å². The second-order valence-corrected chi connectivity index (χ2v) is 11.5. The number of methoxy groups -OCH3 is 1. The highest BCUT2D eigenvalue weighted by atomic mass is 32.2. The Bertz CT molecular complexity index is 1350. The highest BCUT2D eigenvalue weighted by molar-refractivity contribution is 7.85. The van der Waals surface area contributed by atoms with E-state index >= 15 is 0 Å². The molecule has 0 atom stereocenters. The van der Waals surface area contributed by atoms with Crippen LogP contribution in [-0.4, -0.2) is 59.4 Å². The molecule has 0 aliphatic rings. The summed E-state index contributed by atoms with van der Waals surface area (Å²) in [5.74, 6) is 0.728. The largest absolute Gasteiger partial charge is 0.382 e. The summed E-state index contributed by atoms with van der Waals surface area (Å²) in [7, 11) is -2.01. The molecular weight excluding hydrogens is 532 g/mol. The summed E-state index contributed by atoms with van der Waals surface area (Å²) < 4.78 is 49.7. The first kappa shape index (κ1) is 29.9. The van der Waals surface area contributed by atoms with Gasteiger partial charge < -0.3 is 18.7 Å². The predicted octanol–water partition coefficient (Wildman–Crippen LogP) is 4.61. The molecule has 0 spiro atoms. The number of carbonyl (C=O) groups is 1. The standard InChI is InChI=1S/C26H34N2O8S2/c1-7-33-15-21-13-20(14-35-38(6,30)31)8-9-22(21)23-12-17(2)37-24(23)26(29)28(16-34-11-10-32-5)25-18(3)19(4)36-27-25/h8-9,12-13H,7,10-11,14-16H2,1-6H3. The minimum atomic E-state index is -3.59. The first-order valence-electron chi connectivity index (χ1n) is 12.0. The third-order valence-electron chi connectivity index (χ3n) is 5.70. The van der Waals surface area contributed by atoms with Crippen LogP contribution in [0, 0.1) is 20.8 Å². The maximum atomic E-state index is 14.0. The van der Waals surface area contributed by atoms with Gasteiger partial charge in [-0.3, -0.25) is 13.9 Å². The lowest BCUT2D eigenvalue weighted by molar-refractivity contribution is 0.0646. The number of aryl methyl sites for hydroxylation is 2. The fourth-order valence-corrected chi connectivity index (χ4v) is 5.00. The fourth-order valence-electron chi connectivity index (χ4n) is 3.67. The van der Waals surface area contributed by atoms with E-state index in [2.05, 4.69) is 5.16 Å². The first-order valence-corrected chi connectivity index (χ1v) is 14.6. The molecule has 0 saturated heterocycles. The van der Waals surface area contributed by atoms with Gasteiger partial charge >= 0.3 is 0 Å². The number of rotatable bonds is 14. The highest BCUT2D eigenvalue weighted by Crippen LogP contribution is 2.36. The molecule has 0 radical (unpaired) electrons.